The largest absolute Gasteiger partial charge is 0.326 e. The highest BCUT2D eigenvalue weighted by molar-refractivity contribution is 5.63. The van der Waals surface area contributed by atoms with Crippen molar-refractivity contribution in [2.75, 3.05) is 16.9 Å². The monoisotopic (exact) mass is 257 g/mol. The summed E-state index contributed by atoms with van der Waals surface area (Å²) in [5, 5.41) is 0. The molecule has 5 nitrogen and oxygen atoms in total. The van der Waals surface area contributed by atoms with Crippen LogP contribution in [0.1, 0.15) is 18.1 Å². The van der Waals surface area contributed by atoms with Gasteiger partial charge in [0.1, 0.15) is 5.82 Å². The van der Waals surface area contributed by atoms with Crippen LogP contribution in [0.4, 0.5) is 17.5 Å². The second kappa shape index (κ2) is 5.67. The first kappa shape index (κ1) is 13.3. The van der Waals surface area contributed by atoms with E-state index in [0.717, 1.165) is 23.6 Å². The zero-order valence-corrected chi connectivity index (χ0v) is 11.5. The van der Waals surface area contributed by atoms with E-state index in [2.05, 4.69) is 52.3 Å². The van der Waals surface area contributed by atoms with E-state index in [1.807, 2.05) is 13.0 Å². The van der Waals surface area contributed by atoms with Gasteiger partial charge >= 0.3 is 0 Å². The lowest BCUT2D eigenvalue weighted by Crippen LogP contribution is -2.20. The van der Waals surface area contributed by atoms with Crippen molar-refractivity contribution in [3.8, 4) is 0 Å². The summed E-state index contributed by atoms with van der Waals surface area (Å²) in [7, 11) is 0. The standard InChI is InChI=1S/C14H19N5/c1-4-19(12-7-5-6-10(2)8-12)13-11(3)9-16-14(17-13)18-15/h5-9H,4,15H2,1-3H3,(H,16,17,18). The number of nitrogens with two attached hydrogens (primary N) is 1. The van der Waals surface area contributed by atoms with Crippen molar-refractivity contribution in [2.45, 2.75) is 20.8 Å². The van der Waals surface area contributed by atoms with Gasteiger partial charge in [-0.2, -0.15) is 4.98 Å². The Kier molecular flexibility index (Phi) is 3.97. The molecule has 0 saturated heterocycles. The maximum absolute atomic E-state index is 5.38. The average molecular weight is 257 g/mol. The lowest BCUT2D eigenvalue weighted by molar-refractivity contribution is 0.959. The summed E-state index contributed by atoms with van der Waals surface area (Å²) < 4.78 is 0. The molecule has 19 heavy (non-hydrogen) atoms. The van der Waals surface area contributed by atoms with E-state index in [-0.39, 0.29) is 0 Å². The molecule has 0 unspecified atom stereocenters. The summed E-state index contributed by atoms with van der Waals surface area (Å²) in [4.78, 5) is 10.7. The Balaban J connectivity index is 2.47. The molecular formula is C14H19N5. The van der Waals surface area contributed by atoms with Crippen molar-refractivity contribution in [1.29, 1.82) is 0 Å². The van der Waals surface area contributed by atoms with Crippen molar-refractivity contribution in [3.63, 3.8) is 0 Å². The molecule has 1 aromatic carbocycles. The molecule has 0 aliphatic rings. The van der Waals surface area contributed by atoms with Gasteiger partial charge in [0.25, 0.3) is 0 Å². The maximum Gasteiger partial charge on any atom is 0.239 e. The summed E-state index contributed by atoms with van der Waals surface area (Å²) in [6, 6.07) is 8.34. The van der Waals surface area contributed by atoms with Crippen LogP contribution in [0.2, 0.25) is 0 Å². The fraction of sp³-hybridized carbons (Fsp3) is 0.286. The van der Waals surface area contributed by atoms with Crippen molar-refractivity contribution in [1.82, 2.24) is 9.97 Å². The van der Waals surface area contributed by atoms with Crippen molar-refractivity contribution >= 4 is 17.5 Å². The van der Waals surface area contributed by atoms with E-state index in [1.54, 1.807) is 6.20 Å². The number of nitrogens with zero attached hydrogens (tertiary/aromatic N) is 3. The van der Waals surface area contributed by atoms with Crippen molar-refractivity contribution in [2.24, 2.45) is 5.84 Å². The van der Waals surface area contributed by atoms with E-state index in [0.29, 0.717) is 5.95 Å². The number of anilines is 3. The maximum atomic E-state index is 5.38. The first-order chi connectivity index (χ1) is 9.15. The first-order valence-corrected chi connectivity index (χ1v) is 6.30. The predicted molar refractivity (Wildman–Crippen MR) is 78.4 cm³/mol. The molecule has 0 fully saturated rings. The second-order valence-corrected chi connectivity index (χ2v) is 4.43. The lowest BCUT2D eigenvalue weighted by atomic mass is 10.2. The highest BCUT2D eigenvalue weighted by Crippen LogP contribution is 2.27. The van der Waals surface area contributed by atoms with Crippen LogP contribution < -0.4 is 16.2 Å². The summed E-state index contributed by atoms with van der Waals surface area (Å²) in [6.45, 7) is 7.00. The quantitative estimate of drug-likeness (QED) is 0.651. The Morgan fingerprint density at radius 2 is 2.11 bits per heavy atom. The summed E-state index contributed by atoms with van der Waals surface area (Å²) in [5.74, 6) is 6.67. The van der Waals surface area contributed by atoms with E-state index in [1.165, 1.54) is 5.56 Å². The molecular weight excluding hydrogens is 238 g/mol. The van der Waals surface area contributed by atoms with Gasteiger partial charge in [-0.3, -0.25) is 5.43 Å². The molecule has 0 aliphatic carbocycles. The Morgan fingerprint density at radius 3 is 2.74 bits per heavy atom. The molecule has 0 radical (unpaired) electrons. The number of hydrogen-bond donors (Lipinski definition) is 2. The first-order valence-electron chi connectivity index (χ1n) is 6.30. The third kappa shape index (κ3) is 2.82. The molecule has 0 atom stereocenters. The van der Waals surface area contributed by atoms with E-state index >= 15 is 0 Å². The van der Waals surface area contributed by atoms with Crippen LogP contribution in [0, 0.1) is 13.8 Å². The summed E-state index contributed by atoms with van der Waals surface area (Å²) in [5.41, 5.74) is 5.84. The van der Waals surface area contributed by atoms with Crippen LogP contribution in [0.3, 0.4) is 0 Å². The summed E-state index contributed by atoms with van der Waals surface area (Å²) >= 11 is 0. The highest BCUT2D eigenvalue weighted by Gasteiger charge is 2.13. The van der Waals surface area contributed by atoms with Gasteiger partial charge in [0.05, 0.1) is 0 Å². The minimum atomic E-state index is 0.423. The van der Waals surface area contributed by atoms with E-state index in [4.69, 9.17) is 5.84 Å². The molecule has 2 rings (SSSR count). The van der Waals surface area contributed by atoms with Gasteiger partial charge in [0.15, 0.2) is 0 Å². The van der Waals surface area contributed by atoms with Gasteiger partial charge in [-0.1, -0.05) is 12.1 Å². The zero-order chi connectivity index (χ0) is 13.8. The van der Waals surface area contributed by atoms with Crippen LogP contribution in [-0.4, -0.2) is 16.5 Å². The molecule has 0 saturated carbocycles. The SMILES string of the molecule is CCN(c1cccc(C)c1)c1nc(NN)ncc1C. The lowest BCUT2D eigenvalue weighted by Gasteiger charge is -2.24. The molecule has 0 bridgehead atoms. The van der Waals surface area contributed by atoms with Gasteiger partial charge in [-0.05, 0) is 38.5 Å². The number of hydrogen-bond acceptors (Lipinski definition) is 5. The van der Waals surface area contributed by atoms with Gasteiger partial charge in [0.2, 0.25) is 5.95 Å². The number of hydrazine groups is 1. The van der Waals surface area contributed by atoms with E-state index in [9.17, 15) is 0 Å². The van der Waals surface area contributed by atoms with Crippen LogP contribution >= 0.6 is 0 Å². The molecule has 1 heterocycles. The van der Waals surface area contributed by atoms with Crippen LogP contribution in [-0.2, 0) is 0 Å². The number of rotatable bonds is 4. The van der Waals surface area contributed by atoms with Gasteiger partial charge < -0.3 is 4.90 Å². The third-order valence-corrected chi connectivity index (χ3v) is 2.96. The van der Waals surface area contributed by atoms with Gasteiger partial charge in [0, 0.05) is 24.0 Å². The molecule has 0 spiro atoms. The smallest absolute Gasteiger partial charge is 0.239 e. The fourth-order valence-corrected chi connectivity index (χ4v) is 2.03. The minimum absolute atomic E-state index is 0.423. The fourth-order valence-electron chi connectivity index (χ4n) is 2.03. The molecule has 2 aromatic rings. The Morgan fingerprint density at radius 1 is 1.32 bits per heavy atom. The van der Waals surface area contributed by atoms with Crippen molar-refractivity contribution in [3.05, 3.63) is 41.6 Å². The van der Waals surface area contributed by atoms with Gasteiger partial charge in [-0.15, -0.1) is 0 Å². The Bertz CT molecular complexity index is 568. The molecule has 100 valence electrons. The Labute approximate surface area is 113 Å². The molecule has 1 aromatic heterocycles. The molecule has 0 aliphatic heterocycles. The zero-order valence-electron chi connectivity index (χ0n) is 11.5. The van der Waals surface area contributed by atoms with Crippen LogP contribution in [0.25, 0.3) is 0 Å². The molecule has 0 amide bonds. The number of benzene rings is 1. The number of nitrogen functional groups attached to an aromatic ring is 1. The second-order valence-electron chi connectivity index (χ2n) is 4.43. The van der Waals surface area contributed by atoms with Crippen LogP contribution in [0.5, 0.6) is 0 Å². The van der Waals surface area contributed by atoms with Crippen LogP contribution in [0.15, 0.2) is 30.5 Å². The average Bonchev–Trinajstić information content (AvgIpc) is 2.42. The highest BCUT2D eigenvalue weighted by atomic mass is 15.3. The van der Waals surface area contributed by atoms with Gasteiger partial charge in [-0.25, -0.2) is 10.8 Å². The normalized spacial score (nSPS) is 10.3. The molecule has 5 heteroatoms. The minimum Gasteiger partial charge on any atom is -0.326 e. The topological polar surface area (TPSA) is 67.1 Å². The van der Waals surface area contributed by atoms with Crippen molar-refractivity contribution < 1.29 is 0 Å². The summed E-state index contributed by atoms with van der Waals surface area (Å²) in [6.07, 6.45) is 1.77. The predicted octanol–water partition coefficient (Wildman–Crippen LogP) is 2.54. The number of aromatic nitrogens is 2. The number of aryl methyl sites for hydroxylation is 2. The van der Waals surface area contributed by atoms with E-state index < -0.39 is 0 Å². The Hall–Kier alpha value is -2.14. The molecule has 3 N–H and O–H groups in total. The third-order valence-electron chi connectivity index (χ3n) is 2.96. The number of nitrogens with one attached hydrogen (secondary N) is 1.